The Balaban J connectivity index is 2.60. The average molecular weight is 532 g/mol. The van der Waals surface area contributed by atoms with Gasteiger partial charge in [0.15, 0.2) is 0 Å². The van der Waals surface area contributed by atoms with Crippen molar-refractivity contribution in [1.29, 1.82) is 0 Å². The van der Waals surface area contributed by atoms with Gasteiger partial charge in [-0.2, -0.15) is 0 Å². The zero-order valence-corrected chi connectivity index (χ0v) is 23.8. The maximum Gasteiger partial charge on any atom is 0.408 e. The van der Waals surface area contributed by atoms with E-state index < -0.39 is 41.1 Å². The largest absolute Gasteiger partial charge is 0.507 e. The van der Waals surface area contributed by atoms with Crippen LogP contribution in [0, 0.1) is 13.8 Å². The van der Waals surface area contributed by atoms with E-state index in [1.54, 1.807) is 91.8 Å². The van der Waals surface area contributed by atoms with Gasteiger partial charge in [0.25, 0.3) is 5.91 Å². The van der Waals surface area contributed by atoms with E-state index in [9.17, 15) is 19.5 Å². The van der Waals surface area contributed by atoms with Gasteiger partial charge in [-0.1, -0.05) is 41.9 Å². The second-order valence-corrected chi connectivity index (χ2v) is 11.5. The van der Waals surface area contributed by atoms with E-state index >= 15 is 0 Å². The molecule has 37 heavy (non-hydrogen) atoms. The van der Waals surface area contributed by atoms with E-state index in [1.807, 2.05) is 0 Å². The van der Waals surface area contributed by atoms with Crippen LogP contribution in [0.15, 0.2) is 36.4 Å². The summed E-state index contributed by atoms with van der Waals surface area (Å²) < 4.78 is 5.30. The van der Waals surface area contributed by atoms with Crippen molar-refractivity contribution < 1.29 is 24.2 Å². The number of anilines is 1. The Morgan fingerprint density at radius 2 is 1.54 bits per heavy atom. The highest BCUT2D eigenvalue weighted by molar-refractivity contribution is 6.34. The maximum atomic E-state index is 13.9. The standard InChI is InChI=1S/C28H38ClN3O5/c1-16-12-11-15-20(29)21(16)31-24(34)22(19-14-10-13-17(2)23(19)33)32(27(4,5)6)25(35)18(3)30-26(36)37-28(7,8)9/h10-15,18,22,33H,1-9H3,(H,30,36)(H,31,34). The van der Waals surface area contributed by atoms with E-state index in [0.717, 1.165) is 5.56 Å². The monoisotopic (exact) mass is 531 g/mol. The molecule has 2 unspecified atom stereocenters. The number of para-hydroxylation sites is 2. The number of aromatic hydroxyl groups is 1. The molecule has 2 aromatic rings. The zero-order valence-electron chi connectivity index (χ0n) is 23.0. The zero-order chi connectivity index (χ0) is 28.3. The predicted molar refractivity (Wildman–Crippen MR) is 146 cm³/mol. The molecule has 8 nitrogen and oxygen atoms in total. The summed E-state index contributed by atoms with van der Waals surface area (Å²) in [5.74, 6) is -1.20. The Morgan fingerprint density at radius 3 is 2.08 bits per heavy atom. The van der Waals surface area contributed by atoms with Crippen LogP contribution in [0.25, 0.3) is 0 Å². The van der Waals surface area contributed by atoms with Crippen molar-refractivity contribution in [2.24, 2.45) is 0 Å². The molecule has 0 saturated heterocycles. The highest BCUT2D eigenvalue weighted by atomic mass is 35.5. The highest BCUT2D eigenvalue weighted by Crippen LogP contribution is 2.37. The van der Waals surface area contributed by atoms with E-state index in [4.69, 9.17) is 16.3 Å². The molecule has 3 amide bonds. The molecular formula is C28H38ClN3O5. The van der Waals surface area contributed by atoms with Crippen LogP contribution in [-0.2, 0) is 14.3 Å². The van der Waals surface area contributed by atoms with Gasteiger partial charge in [-0.15, -0.1) is 0 Å². The number of carbonyl (C=O) groups excluding carboxylic acids is 3. The minimum atomic E-state index is -1.24. The number of phenols is 1. The van der Waals surface area contributed by atoms with Crippen LogP contribution >= 0.6 is 11.6 Å². The Kier molecular flexibility index (Phi) is 9.25. The molecule has 0 aliphatic carbocycles. The molecule has 2 aromatic carbocycles. The van der Waals surface area contributed by atoms with Crippen molar-refractivity contribution in [3.05, 3.63) is 58.1 Å². The summed E-state index contributed by atoms with van der Waals surface area (Å²) in [6.45, 7) is 15.5. The van der Waals surface area contributed by atoms with E-state index in [2.05, 4.69) is 10.6 Å². The molecule has 0 aliphatic rings. The van der Waals surface area contributed by atoms with Crippen LogP contribution in [0.2, 0.25) is 5.02 Å². The van der Waals surface area contributed by atoms with Crippen LogP contribution < -0.4 is 10.6 Å². The molecule has 0 saturated carbocycles. The lowest BCUT2D eigenvalue weighted by molar-refractivity contribution is -0.146. The second-order valence-electron chi connectivity index (χ2n) is 11.1. The van der Waals surface area contributed by atoms with Crippen molar-refractivity contribution in [2.75, 3.05) is 5.32 Å². The number of halogens is 1. The number of carbonyl (C=O) groups is 3. The third-order valence-corrected chi connectivity index (χ3v) is 5.92. The van der Waals surface area contributed by atoms with E-state index in [0.29, 0.717) is 16.3 Å². The number of amides is 3. The smallest absolute Gasteiger partial charge is 0.408 e. The lowest BCUT2D eigenvalue weighted by Gasteiger charge is -2.42. The first-order chi connectivity index (χ1) is 16.9. The first kappa shape index (κ1) is 30.0. The number of ether oxygens (including phenoxy) is 1. The third kappa shape index (κ3) is 7.61. The van der Waals surface area contributed by atoms with Gasteiger partial charge in [0.2, 0.25) is 5.91 Å². The van der Waals surface area contributed by atoms with E-state index in [1.165, 1.54) is 11.8 Å². The van der Waals surface area contributed by atoms with Gasteiger partial charge in [-0.3, -0.25) is 9.59 Å². The Bertz CT molecular complexity index is 1150. The highest BCUT2D eigenvalue weighted by Gasteiger charge is 2.42. The third-order valence-electron chi connectivity index (χ3n) is 5.60. The van der Waals surface area contributed by atoms with Gasteiger partial charge in [-0.05, 0) is 79.5 Å². The van der Waals surface area contributed by atoms with Gasteiger partial charge < -0.3 is 25.4 Å². The second kappa shape index (κ2) is 11.4. The Morgan fingerprint density at radius 1 is 0.973 bits per heavy atom. The minimum absolute atomic E-state index is 0.103. The summed E-state index contributed by atoms with van der Waals surface area (Å²) >= 11 is 6.37. The predicted octanol–water partition coefficient (Wildman–Crippen LogP) is 5.88. The molecule has 3 N–H and O–H groups in total. The van der Waals surface area contributed by atoms with Gasteiger partial charge in [-0.25, -0.2) is 4.79 Å². The van der Waals surface area contributed by atoms with Crippen molar-refractivity contribution in [3.8, 4) is 5.75 Å². The minimum Gasteiger partial charge on any atom is -0.507 e. The van der Waals surface area contributed by atoms with Crippen LogP contribution in [0.1, 0.15) is 71.2 Å². The molecule has 0 aliphatic heterocycles. The summed E-state index contributed by atoms with van der Waals surface area (Å²) in [7, 11) is 0. The fraction of sp³-hybridized carbons (Fsp3) is 0.464. The lowest BCUT2D eigenvalue weighted by Crippen LogP contribution is -2.57. The summed E-state index contributed by atoms with van der Waals surface area (Å²) in [6.07, 6.45) is -0.756. The van der Waals surface area contributed by atoms with Crippen molar-refractivity contribution >= 4 is 35.2 Å². The number of phenolic OH excluding ortho intramolecular Hbond substituents is 1. The maximum absolute atomic E-state index is 13.9. The quantitative estimate of drug-likeness (QED) is 0.431. The van der Waals surface area contributed by atoms with Crippen molar-refractivity contribution in [2.45, 2.75) is 85.5 Å². The molecule has 2 rings (SSSR count). The van der Waals surface area contributed by atoms with Gasteiger partial charge >= 0.3 is 6.09 Å². The first-order valence-electron chi connectivity index (χ1n) is 12.1. The molecule has 202 valence electrons. The number of benzene rings is 2. The van der Waals surface area contributed by atoms with Crippen LogP contribution in [-0.4, -0.2) is 45.1 Å². The van der Waals surface area contributed by atoms with Gasteiger partial charge in [0, 0.05) is 11.1 Å². The molecular weight excluding hydrogens is 494 g/mol. The molecule has 2 atom stereocenters. The van der Waals surface area contributed by atoms with Gasteiger partial charge in [0.05, 0.1) is 10.7 Å². The number of nitrogens with one attached hydrogen (secondary N) is 2. The summed E-state index contributed by atoms with van der Waals surface area (Å²) in [4.78, 5) is 41.5. The SMILES string of the molecule is Cc1cccc(C(C(=O)Nc2c(C)cccc2Cl)N(C(=O)C(C)NC(=O)OC(C)(C)C)C(C)(C)C)c1O. The van der Waals surface area contributed by atoms with Crippen LogP contribution in [0.3, 0.4) is 0 Å². The van der Waals surface area contributed by atoms with Crippen molar-refractivity contribution in [1.82, 2.24) is 10.2 Å². The van der Waals surface area contributed by atoms with Gasteiger partial charge in [0.1, 0.15) is 23.4 Å². The molecule has 0 heterocycles. The summed E-state index contributed by atoms with van der Waals surface area (Å²) in [6, 6.07) is 7.98. The number of hydrogen-bond donors (Lipinski definition) is 3. The number of nitrogens with zero attached hydrogens (tertiary/aromatic N) is 1. The lowest BCUT2D eigenvalue weighted by atomic mass is 9.94. The molecule has 0 aromatic heterocycles. The molecule has 0 spiro atoms. The summed E-state index contributed by atoms with van der Waals surface area (Å²) in [5, 5.41) is 16.7. The number of hydrogen-bond acceptors (Lipinski definition) is 5. The Labute approximate surface area is 224 Å². The van der Waals surface area contributed by atoms with Crippen LogP contribution in [0.4, 0.5) is 10.5 Å². The fourth-order valence-electron chi connectivity index (χ4n) is 3.88. The number of aryl methyl sites for hydroxylation is 2. The molecule has 0 radical (unpaired) electrons. The molecule has 9 heteroatoms. The van der Waals surface area contributed by atoms with E-state index in [-0.39, 0.29) is 11.3 Å². The van der Waals surface area contributed by atoms with Crippen LogP contribution in [0.5, 0.6) is 5.75 Å². The number of alkyl carbamates (subject to hydrolysis) is 1. The molecule has 0 bridgehead atoms. The Hall–Kier alpha value is -3.26. The normalized spacial score (nSPS) is 13.4. The number of rotatable bonds is 6. The molecule has 0 fully saturated rings. The summed E-state index contributed by atoms with van der Waals surface area (Å²) in [5.41, 5.74) is 0.294. The average Bonchev–Trinajstić information content (AvgIpc) is 2.74. The first-order valence-corrected chi connectivity index (χ1v) is 12.5. The van der Waals surface area contributed by atoms with Crippen molar-refractivity contribution in [3.63, 3.8) is 0 Å². The topological polar surface area (TPSA) is 108 Å². The fourth-order valence-corrected chi connectivity index (χ4v) is 4.15.